The normalized spacial score (nSPS) is 10.3. The van der Waals surface area contributed by atoms with E-state index in [-0.39, 0.29) is 0 Å². The van der Waals surface area contributed by atoms with E-state index >= 15 is 0 Å². The summed E-state index contributed by atoms with van der Waals surface area (Å²) in [6, 6.07) is 7.07. The average molecular weight is 227 g/mol. The second kappa shape index (κ2) is 6.03. The van der Waals surface area contributed by atoms with Gasteiger partial charge in [0, 0.05) is 5.02 Å². The molecule has 0 aromatic heterocycles. The zero-order valence-corrected chi connectivity index (χ0v) is 8.99. The zero-order valence-electron chi connectivity index (χ0n) is 8.24. The summed E-state index contributed by atoms with van der Waals surface area (Å²) in [6.07, 6.45) is 0.940. The van der Waals surface area contributed by atoms with E-state index in [0.717, 1.165) is 5.56 Å². The minimum absolute atomic E-state index is 0.322. The number of halogens is 1. The molecule has 0 aliphatic carbocycles. The zero-order chi connectivity index (χ0) is 11.1. The van der Waals surface area contributed by atoms with Gasteiger partial charge in [-0.1, -0.05) is 23.7 Å². The van der Waals surface area contributed by atoms with Gasteiger partial charge in [0.2, 0.25) is 0 Å². The number of hydrogen-bond donors (Lipinski definition) is 1. The molecule has 0 heterocycles. The summed E-state index contributed by atoms with van der Waals surface area (Å²) in [5, 5.41) is 4.36. The fraction of sp³-hybridized carbons (Fsp3) is 0.200. The highest BCUT2D eigenvalue weighted by molar-refractivity contribution is 6.30. The molecular weight excluding hydrogens is 216 g/mol. The Morgan fingerprint density at radius 2 is 2.20 bits per heavy atom. The largest absolute Gasteiger partial charge is 0.449 e. The molecule has 0 radical (unpaired) electrons. The number of benzene rings is 1. The molecule has 0 fully saturated rings. The highest BCUT2D eigenvalue weighted by Gasteiger charge is 1.95. The lowest BCUT2D eigenvalue weighted by molar-refractivity contribution is 0.152. The summed E-state index contributed by atoms with van der Waals surface area (Å²) in [5.74, 6) is 0. The summed E-state index contributed by atoms with van der Waals surface area (Å²) in [7, 11) is 0. The predicted molar refractivity (Wildman–Crippen MR) is 59.2 cm³/mol. The Bertz CT molecular complexity index is 349. The van der Waals surface area contributed by atoms with E-state index in [9.17, 15) is 4.79 Å². The summed E-state index contributed by atoms with van der Waals surface area (Å²) in [4.78, 5) is 10.8. The smallest absolute Gasteiger partial charge is 0.427 e. The van der Waals surface area contributed by atoms with Crippen molar-refractivity contribution in [3.05, 3.63) is 34.9 Å². The van der Waals surface area contributed by atoms with Crippen molar-refractivity contribution >= 4 is 23.9 Å². The Morgan fingerprint density at radius 3 is 2.80 bits per heavy atom. The van der Waals surface area contributed by atoms with E-state index in [1.807, 2.05) is 0 Å². The summed E-state index contributed by atoms with van der Waals surface area (Å²) < 4.78 is 4.61. The van der Waals surface area contributed by atoms with Crippen molar-refractivity contribution in [1.82, 2.24) is 5.43 Å². The minimum atomic E-state index is -0.567. The monoisotopic (exact) mass is 226 g/mol. The maximum atomic E-state index is 10.8. The molecule has 80 valence electrons. The van der Waals surface area contributed by atoms with Crippen molar-refractivity contribution in [3.63, 3.8) is 0 Å². The fourth-order valence-corrected chi connectivity index (χ4v) is 0.998. The Hall–Kier alpha value is -1.55. The highest BCUT2D eigenvalue weighted by atomic mass is 35.5. The van der Waals surface area contributed by atoms with Crippen molar-refractivity contribution in [2.75, 3.05) is 6.61 Å². The quantitative estimate of drug-likeness (QED) is 0.636. The number of nitrogens with one attached hydrogen (secondary N) is 1. The molecule has 1 aromatic rings. The van der Waals surface area contributed by atoms with Crippen LogP contribution in [0.2, 0.25) is 5.02 Å². The Morgan fingerprint density at radius 1 is 1.53 bits per heavy atom. The van der Waals surface area contributed by atoms with Crippen LogP contribution < -0.4 is 5.43 Å². The first kappa shape index (κ1) is 11.5. The standard InChI is InChI=1S/C10H11ClN2O2/c1-2-15-10(14)13-12-7-8-3-5-9(11)6-4-8/h3-7H,2H2,1H3,(H,13,14)/b12-7+. The van der Waals surface area contributed by atoms with Crippen LogP contribution >= 0.6 is 11.6 Å². The first-order valence-corrected chi connectivity index (χ1v) is 4.81. The molecule has 5 heteroatoms. The third-order valence-electron chi connectivity index (χ3n) is 1.51. The van der Waals surface area contributed by atoms with Crippen LogP contribution in [-0.2, 0) is 4.74 Å². The van der Waals surface area contributed by atoms with Gasteiger partial charge in [-0.15, -0.1) is 0 Å². The Labute approximate surface area is 92.9 Å². The van der Waals surface area contributed by atoms with Gasteiger partial charge in [0.1, 0.15) is 0 Å². The van der Waals surface area contributed by atoms with E-state index in [1.165, 1.54) is 6.21 Å². The molecule has 0 aliphatic heterocycles. The van der Waals surface area contributed by atoms with Crippen molar-refractivity contribution < 1.29 is 9.53 Å². The number of ether oxygens (including phenoxy) is 1. The third kappa shape index (κ3) is 4.46. The lowest BCUT2D eigenvalue weighted by atomic mass is 10.2. The Balaban J connectivity index is 2.44. The number of hydrazone groups is 1. The molecule has 1 rings (SSSR count). The number of carbonyl (C=O) groups excluding carboxylic acids is 1. The number of carbonyl (C=O) groups is 1. The molecule has 1 aromatic carbocycles. The maximum Gasteiger partial charge on any atom is 0.427 e. The highest BCUT2D eigenvalue weighted by Crippen LogP contribution is 2.07. The SMILES string of the molecule is CCOC(=O)N/N=C/c1ccc(Cl)cc1. The lowest BCUT2D eigenvalue weighted by Gasteiger charge is -1.98. The van der Waals surface area contributed by atoms with Crippen LogP contribution in [0.1, 0.15) is 12.5 Å². The summed E-state index contributed by atoms with van der Waals surface area (Å²) >= 11 is 5.70. The molecular formula is C10H11ClN2O2. The van der Waals surface area contributed by atoms with Crippen LogP contribution in [0.4, 0.5) is 4.79 Å². The number of hydrogen-bond acceptors (Lipinski definition) is 3. The molecule has 1 amide bonds. The van der Waals surface area contributed by atoms with E-state index in [2.05, 4.69) is 15.3 Å². The first-order chi connectivity index (χ1) is 7.22. The molecule has 0 bridgehead atoms. The van der Waals surface area contributed by atoms with Crippen molar-refractivity contribution in [1.29, 1.82) is 0 Å². The predicted octanol–water partition coefficient (Wildman–Crippen LogP) is 2.42. The number of rotatable bonds is 3. The number of nitrogens with zero attached hydrogens (tertiary/aromatic N) is 1. The third-order valence-corrected chi connectivity index (χ3v) is 1.77. The van der Waals surface area contributed by atoms with Gasteiger partial charge in [-0.3, -0.25) is 0 Å². The van der Waals surface area contributed by atoms with Crippen molar-refractivity contribution in [3.8, 4) is 0 Å². The molecule has 0 saturated carbocycles. The van der Waals surface area contributed by atoms with Gasteiger partial charge >= 0.3 is 6.09 Å². The Kier molecular flexibility index (Phi) is 4.63. The van der Waals surface area contributed by atoms with Crippen LogP contribution in [-0.4, -0.2) is 18.9 Å². The van der Waals surface area contributed by atoms with Crippen LogP contribution in [0.3, 0.4) is 0 Å². The molecule has 1 N–H and O–H groups in total. The maximum absolute atomic E-state index is 10.8. The first-order valence-electron chi connectivity index (χ1n) is 4.43. The summed E-state index contributed by atoms with van der Waals surface area (Å²) in [5.41, 5.74) is 3.07. The lowest BCUT2D eigenvalue weighted by Crippen LogP contribution is -2.18. The molecule has 0 unspecified atom stereocenters. The van der Waals surface area contributed by atoms with Gasteiger partial charge in [0.05, 0.1) is 12.8 Å². The second-order valence-corrected chi connectivity index (χ2v) is 3.08. The van der Waals surface area contributed by atoms with Crippen molar-refractivity contribution in [2.45, 2.75) is 6.92 Å². The molecule has 0 spiro atoms. The molecule has 0 saturated heterocycles. The van der Waals surface area contributed by atoms with Crippen molar-refractivity contribution in [2.24, 2.45) is 5.10 Å². The molecule has 0 atom stereocenters. The number of amides is 1. The fourth-order valence-electron chi connectivity index (χ4n) is 0.872. The van der Waals surface area contributed by atoms with Gasteiger partial charge in [-0.2, -0.15) is 5.10 Å². The second-order valence-electron chi connectivity index (χ2n) is 2.64. The van der Waals surface area contributed by atoms with Gasteiger partial charge in [0.25, 0.3) is 0 Å². The van der Waals surface area contributed by atoms with E-state index in [0.29, 0.717) is 11.6 Å². The molecule has 4 nitrogen and oxygen atoms in total. The van der Waals surface area contributed by atoms with Crippen LogP contribution in [0.5, 0.6) is 0 Å². The molecule has 0 aliphatic rings. The topological polar surface area (TPSA) is 50.7 Å². The van der Waals surface area contributed by atoms with E-state index < -0.39 is 6.09 Å². The molecule has 15 heavy (non-hydrogen) atoms. The minimum Gasteiger partial charge on any atom is -0.449 e. The van der Waals surface area contributed by atoms with Crippen LogP contribution in [0.15, 0.2) is 29.4 Å². The van der Waals surface area contributed by atoms with Gasteiger partial charge in [-0.05, 0) is 24.6 Å². The van der Waals surface area contributed by atoms with Crippen LogP contribution in [0, 0.1) is 0 Å². The van der Waals surface area contributed by atoms with Gasteiger partial charge in [0.15, 0.2) is 0 Å². The summed E-state index contributed by atoms with van der Waals surface area (Å²) in [6.45, 7) is 2.05. The van der Waals surface area contributed by atoms with E-state index in [4.69, 9.17) is 11.6 Å². The van der Waals surface area contributed by atoms with Crippen LogP contribution in [0.25, 0.3) is 0 Å². The van der Waals surface area contributed by atoms with Gasteiger partial charge < -0.3 is 4.74 Å². The van der Waals surface area contributed by atoms with Gasteiger partial charge in [-0.25, -0.2) is 10.2 Å². The average Bonchev–Trinajstić information content (AvgIpc) is 2.21. The van der Waals surface area contributed by atoms with E-state index in [1.54, 1.807) is 31.2 Å².